The van der Waals surface area contributed by atoms with Gasteiger partial charge in [0, 0.05) is 29.1 Å². The lowest BCUT2D eigenvalue weighted by atomic mass is 9.64. The zero-order valence-corrected chi connectivity index (χ0v) is 24.4. The van der Waals surface area contributed by atoms with Gasteiger partial charge in [-0.1, -0.05) is 29.8 Å². The summed E-state index contributed by atoms with van der Waals surface area (Å²) < 4.78 is 34.0. The molecule has 1 fully saturated rings. The molecule has 4 atom stereocenters. The van der Waals surface area contributed by atoms with Crippen LogP contribution in [0.2, 0.25) is 5.02 Å². The predicted molar refractivity (Wildman–Crippen MR) is 157 cm³/mol. The summed E-state index contributed by atoms with van der Waals surface area (Å²) in [5.41, 5.74) is 2.34. The van der Waals surface area contributed by atoms with Gasteiger partial charge in [-0.25, -0.2) is 13.1 Å². The van der Waals surface area contributed by atoms with Crippen LogP contribution < -0.4 is 14.4 Å². The number of rotatable bonds is 0. The quantitative estimate of drug-likeness (QED) is 0.423. The van der Waals surface area contributed by atoms with Crippen LogP contribution in [0.5, 0.6) is 5.75 Å². The lowest BCUT2D eigenvalue weighted by Gasteiger charge is -2.48. The fraction of sp³-hybridized carbons (Fsp3) is 0.516. The minimum absolute atomic E-state index is 0.0906. The summed E-state index contributed by atoms with van der Waals surface area (Å²) in [6, 6.07) is 11.3. The van der Waals surface area contributed by atoms with Crippen molar-refractivity contribution in [2.24, 2.45) is 11.8 Å². The molecular formula is C31H37ClN2O5S. The van der Waals surface area contributed by atoms with E-state index in [9.17, 15) is 18.3 Å². The Labute approximate surface area is 241 Å². The number of amides is 1. The van der Waals surface area contributed by atoms with Crippen molar-refractivity contribution < 1.29 is 23.1 Å². The maximum absolute atomic E-state index is 13.1. The van der Waals surface area contributed by atoms with Gasteiger partial charge in [0.05, 0.1) is 23.6 Å². The molecule has 1 unspecified atom stereocenters. The lowest BCUT2D eigenvalue weighted by Crippen LogP contribution is -2.51. The Bertz CT molecular complexity index is 1460. The van der Waals surface area contributed by atoms with Crippen LogP contribution >= 0.6 is 11.6 Å². The van der Waals surface area contributed by atoms with E-state index in [1.165, 1.54) is 11.1 Å². The molecular weight excluding hydrogens is 548 g/mol. The van der Waals surface area contributed by atoms with E-state index >= 15 is 0 Å². The number of halogens is 1. The number of benzene rings is 2. The van der Waals surface area contributed by atoms with Gasteiger partial charge >= 0.3 is 0 Å². The van der Waals surface area contributed by atoms with Crippen LogP contribution in [0.25, 0.3) is 0 Å². The zero-order valence-electron chi connectivity index (χ0n) is 22.9. The highest BCUT2D eigenvalue weighted by Crippen LogP contribution is 2.48. The molecule has 0 saturated heterocycles. The summed E-state index contributed by atoms with van der Waals surface area (Å²) in [6.45, 7) is 3.76. The molecule has 2 bridgehead atoms. The highest BCUT2D eigenvalue weighted by atomic mass is 35.5. The number of hydrogen-bond donors (Lipinski definition) is 2. The Morgan fingerprint density at radius 1 is 1.15 bits per heavy atom. The summed E-state index contributed by atoms with van der Waals surface area (Å²) in [4.78, 5) is 15.4. The van der Waals surface area contributed by atoms with E-state index < -0.39 is 21.5 Å². The molecule has 0 aromatic heterocycles. The summed E-state index contributed by atoms with van der Waals surface area (Å²) in [5, 5.41) is 12.1. The molecule has 9 heteroatoms. The molecule has 0 radical (unpaired) electrons. The number of aliphatic hydroxyl groups is 1. The molecule has 1 amide bonds. The number of allylic oxidation sites excluding steroid dienone is 1. The predicted octanol–water partition coefficient (Wildman–Crippen LogP) is 5.00. The molecule has 2 N–H and O–H groups in total. The summed E-state index contributed by atoms with van der Waals surface area (Å²) in [7, 11) is -3.80. The van der Waals surface area contributed by atoms with Gasteiger partial charge in [-0.2, -0.15) is 0 Å². The van der Waals surface area contributed by atoms with Crippen molar-refractivity contribution in [3.63, 3.8) is 0 Å². The Morgan fingerprint density at radius 2 is 2.00 bits per heavy atom. The number of fused-ring (bicyclic) bond motifs is 4. The third kappa shape index (κ3) is 5.26. The minimum atomic E-state index is -3.80. The monoisotopic (exact) mass is 584 g/mol. The second-order valence-electron chi connectivity index (χ2n) is 12.3. The molecule has 1 saturated carbocycles. The average Bonchev–Trinajstić information content (AvgIpc) is 3.02. The summed E-state index contributed by atoms with van der Waals surface area (Å²) >= 11 is 6.37. The molecule has 4 aliphatic rings. The fourth-order valence-electron chi connectivity index (χ4n) is 7.18. The van der Waals surface area contributed by atoms with Crippen molar-refractivity contribution in [3.05, 3.63) is 70.3 Å². The Morgan fingerprint density at radius 3 is 2.80 bits per heavy atom. The smallest absolute Gasteiger partial charge is 0.264 e. The topological polar surface area (TPSA) is 95.9 Å². The van der Waals surface area contributed by atoms with Gasteiger partial charge in [-0.05, 0) is 105 Å². The lowest BCUT2D eigenvalue weighted by molar-refractivity contribution is -0.0314. The maximum atomic E-state index is 13.1. The van der Waals surface area contributed by atoms with Crippen molar-refractivity contribution in [1.82, 2.24) is 4.72 Å². The summed E-state index contributed by atoms with van der Waals surface area (Å²) in [5.74, 6) is 0.241. The summed E-state index contributed by atoms with van der Waals surface area (Å²) in [6.07, 6.45) is 9.49. The van der Waals surface area contributed by atoms with Crippen molar-refractivity contribution >= 4 is 33.2 Å². The molecule has 2 aliphatic carbocycles. The van der Waals surface area contributed by atoms with Crippen molar-refractivity contribution in [3.8, 4) is 5.75 Å². The van der Waals surface area contributed by atoms with Gasteiger partial charge in [-0.15, -0.1) is 0 Å². The molecule has 2 heterocycles. The van der Waals surface area contributed by atoms with Gasteiger partial charge in [0.2, 0.25) is 10.0 Å². The van der Waals surface area contributed by atoms with E-state index in [0.29, 0.717) is 38.3 Å². The first-order chi connectivity index (χ1) is 19.1. The number of carbonyl (C=O) groups excluding carboxylic acids is 1. The van der Waals surface area contributed by atoms with Crippen LogP contribution in [-0.4, -0.2) is 50.5 Å². The van der Waals surface area contributed by atoms with Gasteiger partial charge < -0.3 is 14.7 Å². The number of sulfonamides is 1. The molecule has 214 valence electrons. The molecule has 7 nitrogen and oxygen atoms in total. The first-order valence-electron chi connectivity index (χ1n) is 14.3. The van der Waals surface area contributed by atoms with Crippen LogP contribution in [-0.2, 0) is 21.9 Å². The molecule has 2 aromatic carbocycles. The first-order valence-corrected chi connectivity index (χ1v) is 16.3. The number of aryl methyl sites for hydroxylation is 1. The highest BCUT2D eigenvalue weighted by Gasteiger charge is 2.46. The van der Waals surface area contributed by atoms with E-state index in [4.69, 9.17) is 16.3 Å². The van der Waals surface area contributed by atoms with Gasteiger partial charge in [0.15, 0.2) is 0 Å². The molecule has 6 rings (SSSR count). The Hall–Kier alpha value is -2.55. The van der Waals surface area contributed by atoms with E-state index in [2.05, 4.69) is 21.8 Å². The first kappa shape index (κ1) is 27.6. The third-order valence-corrected chi connectivity index (χ3v) is 11.0. The third-order valence-electron chi connectivity index (χ3n) is 9.41. The molecule has 1 spiro atoms. The SMILES string of the molecule is CC1(O)/C=C/CCCS(=O)(=O)NC(=O)c2ccc3c(c2)N(C[C@@H]2CC[C@H]21)C[C@@]1(CCCc2cc(Cl)ccc21)CO3. The van der Waals surface area contributed by atoms with Crippen molar-refractivity contribution in [1.29, 1.82) is 0 Å². The fourth-order valence-corrected chi connectivity index (χ4v) is 8.43. The van der Waals surface area contributed by atoms with Gasteiger partial charge in [-0.3, -0.25) is 4.79 Å². The number of hydrogen-bond acceptors (Lipinski definition) is 6. The van der Waals surface area contributed by atoms with E-state index in [1.807, 2.05) is 25.1 Å². The van der Waals surface area contributed by atoms with Crippen molar-refractivity contribution in [2.75, 3.05) is 30.3 Å². The average molecular weight is 585 g/mol. The number of ether oxygens (including phenoxy) is 1. The second-order valence-corrected chi connectivity index (χ2v) is 14.5. The van der Waals surface area contributed by atoms with Crippen LogP contribution in [0.3, 0.4) is 0 Å². The van der Waals surface area contributed by atoms with Crippen LogP contribution in [0.15, 0.2) is 48.6 Å². The van der Waals surface area contributed by atoms with E-state index in [-0.39, 0.29) is 28.6 Å². The normalized spacial score (nSPS) is 32.5. The number of carbonyl (C=O) groups is 1. The van der Waals surface area contributed by atoms with Gasteiger partial charge in [0.25, 0.3) is 5.91 Å². The van der Waals surface area contributed by atoms with Crippen LogP contribution in [0.4, 0.5) is 5.69 Å². The standard InChI is InChI=1S/C31H37ClN2O5S/c1-30(36)13-3-2-4-15-40(37,38)33-29(35)22-8-12-28-27(17-22)34(18-23-7-10-25(23)30)19-31(20-39-28)14-5-6-21-16-24(32)9-11-26(21)31/h3,8-9,11-13,16-17,23,25,36H,2,4-7,10,14-15,18-20H2,1H3,(H,33,35)/b13-3+/t23-,25+,30?,31-/m0/s1. The molecule has 2 aromatic rings. The largest absolute Gasteiger partial charge is 0.490 e. The van der Waals surface area contributed by atoms with Gasteiger partial charge in [0.1, 0.15) is 5.75 Å². The number of anilines is 1. The number of nitrogens with zero attached hydrogens (tertiary/aromatic N) is 1. The zero-order chi connectivity index (χ0) is 28.1. The second kappa shape index (κ2) is 10.4. The molecule has 2 aliphatic heterocycles. The maximum Gasteiger partial charge on any atom is 0.264 e. The number of nitrogens with one attached hydrogen (secondary N) is 1. The Kier molecular flexibility index (Phi) is 7.16. The molecule has 40 heavy (non-hydrogen) atoms. The highest BCUT2D eigenvalue weighted by molar-refractivity contribution is 7.90. The van der Waals surface area contributed by atoms with E-state index in [0.717, 1.165) is 42.8 Å². The van der Waals surface area contributed by atoms with Crippen LogP contribution in [0.1, 0.15) is 66.9 Å². The van der Waals surface area contributed by atoms with E-state index in [1.54, 1.807) is 18.2 Å². The Balaban J connectivity index is 1.43. The van der Waals surface area contributed by atoms with Crippen molar-refractivity contribution in [2.45, 2.75) is 62.9 Å². The minimum Gasteiger partial charge on any atom is -0.490 e. The van der Waals surface area contributed by atoms with Crippen LogP contribution in [0, 0.1) is 11.8 Å².